The zero-order valence-electron chi connectivity index (χ0n) is 17.9. The van der Waals surface area contributed by atoms with E-state index in [1.54, 1.807) is 0 Å². The lowest BCUT2D eigenvalue weighted by Crippen LogP contribution is -2.48. The molecule has 4 rings (SSSR count). The van der Waals surface area contributed by atoms with Crippen molar-refractivity contribution in [2.24, 2.45) is 0 Å². The van der Waals surface area contributed by atoms with Crippen molar-refractivity contribution in [3.63, 3.8) is 0 Å². The van der Waals surface area contributed by atoms with E-state index < -0.39 is 60.4 Å². The number of aromatic nitrogens is 1. The molecule has 36 heavy (non-hydrogen) atoms. The number of amides is 1. The first-order chi connectivity index (χ1) is 16.7. The average molecular weight is 569 g/mol. The molecule has 0 radical (unpaired) electrons. The Labute approximate surface area is 214 Å². The Kier molecular flexibility index (Phi) is 6.93. The topological polar surface area (TPSA) is 82.8 Å². The lowest BCUT2D eigenvalue weighted by Gasteiger charge is -2.26. The van der Waals surface area contributed by atoms with Crippen LogP contribution in [0.15, 0.2) is 40.1 Å². The van der Waals surface area contributed by atoms with Gasteiger partial charge in [-0.1, -0.05) is 41.0 Å². The molecule has 1 fully saturated rings. The maximum atomic E-state index is 15.1. The van der Waals surface area contributed by atoms with Gasteiger partial charge in [0, 0.05) is 23.2 Å². The number of rotatable bonds is 5. The van der Waals surface area contributed by atoms with Crippen LogP contribution in [0.5, 0.6) is 0 Å². The van der Waals surface area contributed by atoms with E-state index in [4.69, 9.17) is 28.3 Å². The second-order valence-electron chi connectivity index (χ2n) is 8.08. The number of alkyl halides is 3. The van der Waals surface area contributed by atoms with Gasteiger partial charge in [0.15, 0.2) is 17.2 Å². The van der Waals surface area contributed by atoms with Crippen molar-refractivity contribution < 1.29 is 41.8 Å². The Balaban J connectivity index is 1.74. The van der Waals surface area contributed by atoms with Gasteiger partial charge in [-0.3, -0.25) is 4.79 Å². The fourth-order valence-corrected chi connectivity index (χ4v) is 5.45. The standard InChI is InChI=1S/C22H15Cl2F5N2O4S/c23-12-5-4-11-17(16(12)26)31(8-14(32)30-7-6-21(35,9-30)22(27,28)29)19(24)18(11)36-13-3-1-2-10(15(13)25)20(33)34/h1-5,35H,6-9H2,(H,33,34). The van der Waals surface area contributed by atoms with Crippen LogP contribution < -0.4 is 0 Å². The molecule has 14 heteroatoms. The summed E-state index contributed by atoms with van der Waals surface area (Å²) in [5.74, 6) is -4.40. The number of carboxylic acids is 1. The molecule has 6 nitrogen and oxygen atoms in total. The van der Waals surface area contributed by atoms with Crippen LogP contribution in [-0.4, -0.2) is 56.4 Å². The summed E-state index contributed by atoms with van der Waals surface area (Å²) < 4.78 is 70.3. The van der Waals surface area contributed by atoms with E-state index in [1.807, 2.05) is 0 Å². The SMILES string of the molecule is O=C(O)c1cccc(Sc2c(Cl)n(CC(=O)N3CCC(O)(C(F)(F)F)C3)c3c(F)c(Cl)ccc23)c1F. The van der Waals surface area contributed by atoms with Crippen LogP contribution in [0.3, 0.4) is 0 Å². The van der Waals surface area contributed by atoms with Gasteiger partial charge in [-0.2, -0.15) is 13.2 Å². The van der Waals surface area contributed by atoms with Crippen LogP contribution in [0.25, 0.3) is 10.9 Å². The van der Waals surface area contributed by atoms with Gasteiger partial charge in [0.25, 0.3) is 0 Å². The summed E-state index contributed by atoms with van der Waals surface area (Å²) in [6.07, 6.45) is -5.67. The Hall–Kier alpha value is -2.54. The number of carbonyl (C=O) groups is 2. The van der Waals surface area contributed by atoms with Crippen molar-refractivity contribution >= 4 is 57.7 Å². The van der Waals surface area contributed by atoms with Crippen molar-refractivity contribution in [1.82, 2.24) is 9.47 Å². The van der Waals surface area contributed by atoms with Crippen molar-refractivity contribution in [3.05, 3.63) is 57.7 Å². The first-order valence-electron chi connectivity index (χ1n) is 10.2. The van der Waals surface area contributed by atoms with E-state index in [9.17, 15) is 32.3 Å². The van der Waals surface area contributed by atoms with Crippen LogP contribution >= 0.6 is 35.0 Å². The van der Waals surface area contributed by atoms with Gasteiger partial charge in [-0.05, 0) is 24.3 Å². The van der Waals surface area contributed by atoms with Crippen molar-refractivity contribution in [2.75, 3.05) is 13.1 Å². The normalized spacial score (nSPS) is 18.3. The number of hydrogen-bond donors (Lipinski definition) is 2. The van der Waals surface area contributed by atoms with Gasteiger partial charge in [-0.15, -0.1) is 0 Å². The highest BCUT2D eigenvalue weighted by molar-refractivity contribution is 7.99. The van der Waals surface area contributed by atoms with E-state index in [0.717, 1.165) is 15.5 Å². The molecule has 1 atom stereocenters. The maximum Gasteiger partial charge on any atom is 0.419 e. The minimum Gasteiger partial charge on any atom is -0.478 e. The predicted octanol–water partition coefficient (Wildman–Crippen LogP) is 5.60. The number of hydrogen-bond acceptors (Lipinski definition) is 4. The second kappa shape index (κ2) is 9.40. The van der Waals surface area contributed by atoms with Crippen LogP contribution in [0, 0.1) is 11.6 Å². The van der Waals surface area contributed by atoms with Crippen molar-refractivity contribution in [2.45, 2.75) is 34.5 Å². The number of likely N-dealkylation sites (tertiary alicyclic amines) is 1. The minimum atomic E-state index is -4.95. The molecule has 3 aromatic rings. The molecule has 0 spiro atoms. The molecule has 2 heterocycles. The molecule has 0 saturated carbocycles. The number of aliphatic hydroxyl groups is 1. The van der Waals surface area contributed by atoms with Crippen LogP contribution in [0.2, 0.25) is 10.2 Å². The number of nitrogens with zero attached hydrogens (tertiary/aromatic N) is 2. The molecule has 1 aliphatic heterocycles. The number of halogens is 7. The van der Waals surface area contributed by atoms with E-state index in [1.165, 1.54) is 24.3 Å². The van der Waals surface area contributed by atoms with Crippen LogP contribution in [-0.2, 0) is 11.3 Å². The van der Waals surface area contributed by atoms with Crippen LogP contribution in [0.4, 0.5) is 22.0 Å². The molecule has 1 aromatic heterocycles. The molecular formula is C22H15Cl2F5N2O4S. The maximum absolute atomic E-state index is 15.1. The number of carboxylic acid groups (broad SMARTS) is 1. The monoisotopic (exact) mass is 568 g/mol. The average Bonchev–Trinajstić information content (AvgIpc) is 3.32. The molecule has 1 aliphatic rings. The molecule has 192 valence electrons. The van der Waals surface area contributed by atoms with Gasteiger partial charge in [-0.25, -0.2) is 13.6 Å². The molecule has 1 unspecified atom stereocenters. The van der Waals surface area contributed by atoms with E-state index >= 15 is 4.39 Å². The lowest BCUT2D eigenvalue weighted by molar-refractivity contribution is -0.253. The second-order valence-corrected chi connectivity index (χ2v) is 9.90. The summed E-state index contributed by atoms with van der Waals surface area (Å²) in [6.45, 7) is -2.08. The number of fused-ring (bicyclic) bond motifs is 1. The fourth-order valence-electron chi connectivity index (χ4n) is 3.90. The number of benzene rings is 2. The Morgan fingerprint density at radius 3 is 2.42 bits per heavy atom. The molecule has 2 aromatic carbocycles. The minimum absolute atomic E-state index is 0.0738. The third kappa shape index (κ3) is 4.51. The lowest BCUT2D eigenvalue weighted by atomic mass is 10.0. The van der Waals surface area contributed by atoms with Gasteiger partial charge in [0.2, 0.25) is 5.91 Å². The Morgan fingerprint density at radius 1 is 1.11 bits per heavy atom. The fraction of sp³-hybridized carbons (Fsp3) is 0.273. The first-order valence-corrected chi connectivity index (χ1v) is 11.7. The van der Waals surface area contributed by atoms with Gasteiger partial charge in [0.1, 0.15) is 11.7 Å². The van der Waals surface area contributed by atoms with E-state index in [2.05, 4.69) is 0 Å². The summed E-state index contributed by atoms with van der Waals surface area (Å²) in [6, 6.07) is 6.22. The van der Waals surface area contributed by atoms with Gasteiger partial charge < -0.3 is 19.7 Å². The zero-order chi connectivity index (χ0) is 26.6. The summed E-state index contributed by atoms with van der Waals surface area (Å²) >= 11 is 13.0. The molecule has 1 amide bonds. The number of β-amino-alcohol motifs (C(OH)–C–C–N with tert-alkyl or cyclic N) is 1. The molecule has 0 aliphatic carbocycles. The van der Waals surface area contributed by atoms with Crippen LogP contribution in [0.1, 0.15) is 16.8 Å². The van der Waals surface area contributed by atoms with Gasteiger partial charge >= 0.3 is 12.1 Å². The Bertz CT molecular complexity index is 1400. The summed E-state index contributed by atoms with van der Waals surface area (Å²) in [5.41, 5.74) is -3.91. The third-order valence-electron chi connectivity index (χ3n) is 5.84. The smallest absolute Gasteiger partial charge is 0.419 e. The van der Waals surface area contributed by atoms with Gasteiger partial charge in [0.05, 0.1) is 27.5 Å². The van der Waals surface area contributed by atoms with E-state index in [0.29, 0.717) is 11.8 Å². The molecule has 2 N–H and O–H groups in total. The molecule has 1 saturated heterocycles. The summed E-state index contributed by atoms with van der Waals surface area (Å²) in [4.78, 5) is 24.8. The summed E-state index contributed by atoms with van der Waals surface area (Å²) in [5, 5.41) is 18.6. The predicted molar refractivity (Wildman–Crippen MR) is 122 cm³/mol. The highest BCUT2D eigenvalue weighted by Crippen LogP contribution is 2.44. The quantitative estimate of drug-likeness (QED) is 0.391. The zero-order valence-corrected chi connectivity index (χ0v) is 20.2. The largest absolute Gasteiger partial charge is 0.478 e. The highest BCUT2D eigenvalue weighted by Gasteiger charge is 2.57. The molecular weight excluding hydrogens is 554 g/mol. The number of aromatic carboxylic acids is 1. The third-order valence-corrected chi connectivity index (χ3v) is 7.78. The summed E-state index contributed by atoms with van der Waals surface area (Å²) in [7, 11) is 0. The van der Waals surface area contributed by atoms with Crippen molar-refractivity contribution in [1.29, 1.82) is 0 Å². The Morgan fingerprint density at radius 2 is 1.81 bits per heavy atom. The first kappa shape index (κ1) is 26.5. The van der Waals surface area contributed by atoms with Crippen molar-refractivity contribution in [3.8, 4) is 0 Å². The number of carbonyl (C=O) groups excluding carboxylic acids is 1. The highest BCUT2D eigenvalue weighted by atomic mass is 35.5. The molecule has 0 bridgehead atoms. The van der Waals surface area contributed by atoms with E-state index in [-0.39, 0.29) is 37.4 Å².